The Bertz CT molecular complexity index is 921. The van der Waals surface area contributed by atoms with Gasteiger partial charge in [0.15, 0.2) is 0 Å². The number of hydrogen-bond acceptors (Lipinski definition) is 3. The van der Waals surface area contributed by atoms with E-state index in [2.05, 4.69) is 0 Å². The van der Waals surface area contributed by atoms with E-state index in [0.717, 1.165) is 34.2 Å². The van der Waals surface area contributed by atoms with Crippen molar-refractivity contribution in [2.24, 2.45) is 0 Å². The zero-order valence-corrected chi connectivity index (χ0v) is 13.9. The van der Waals surface area contributed by atoms with Crippen LogP contribution >= 0.6 is 0 Å². The van der Waals surface area contributed by atoms with Crippen LogP contribution in [0.4, 0.5) is 0 Å². The normalized spacial score (nSPS) is 11.2. The lowest BCUT2D eigenvalue weighted by molar-refractivity contribution is 0.360. The molecule has 0 aliphatic carbocycles. The van der Waals surface area contributed by atoms with Gasteiger partial charge in [0.2, 0.25) is 0 Å². The van der Waals surface area contributed by atoms with Crippen LogP contribution in [0.5, 0.6) is 5.75 Å². The Hall–Kier alpha value is -2.81. The van der Waals surface area contributed by atoms with Crippen molar-refractivity contribution in [3.8, 4) is 5.75 Å². The van der Waals surface area contributed by atoms with Gasteiger partial charge in [-0.15, -0.1) is 0 Å². The average Bonchev–Trinajstić information content (AvgIpc) is 2.61. The van der Waals surface area contributed by atoms with Crippen LogP contribution < -0.4 is 10.4 Å². The van der Waals surface area contributed by atoms with Crippen LogP contribution in [-0.2, 0) is 6.42 Å². The Labute approximate surface area is 141 Å². The highest BCUT2D eigenvalue weighted by molar-refractivity contribution is 5.84. The number of aryl methyl sites for hydroxylation is 2. The first kappa shape index (κ1) is 16.1. The van der Waals surface area contributed by atoms with E-state index >= 15 is 0 Å². The molecule has 0 fully saturated rings. The molecule has 0 atom stereocenters. The van der Waals surface area contributed by atoms with Gasteiger partial charge in [-0.3, -0.25) is 0 Å². The van der Waals surface area contributed by atoms with E-state index in [-0.39, 0.29) is 5.63 Å². The van der Waals surface area contributed by atoms with E-state index < -0.39 is 0 Å². The summed E-state index contributed by atoms with van der Waals surface area (Å²) < 4.78 is 11.2. The van der Waals surface area contributed by atoms with E-state index in [1.807, 2.05) is 68.5 Å². The number of fused-ring (bicyclic) bond motifs is 1. The summed E-state index contributed by atoms with van der Waals surface area (Å²) >= 11 is 0. The molecule has 3 heteroatoms. The monoisotopic (exact) mass is 320 g/mol. The van der Waals surface area contributed by atoms with E-state index in [9.17, 15) is 4.79 Å². The summed E-state index contributed by atoms with van der Waals surface area (Å²) in [7, 11) is 0. The second-order valence-corrected chi connectivity index (χ2v) is 5.63. The lowest BCUT2D eigenvalue weighted by Crippen LogP contribution is -2.02. The molecule has 1 aromatic heterocycles. The summed E-state index contributed by atoms with van der Waals surface area (Å²) in [6, 6.07) is 15.5. The summed E-state index contributed by atoms with van der Waals surface area (Å²) in [4.78, 5) is 11.7. The van der Waals surface area contributed by atoms with Crippen molar-refractivity contribution in [3.05, 3.63) is 81.7 Å². The van der Waals surface area contributed by atoms with Gasteiger partial charge in [-0.2, -0.15) is 0 Å². The predicted octanol–water partition coefficient (Wildman–Crippen LogP) is 4.76. The fourth-order valence-electron chi connectivity index (χ4n) is 2.74. The SMILES string of the molecule is CCc1cc(=O)oc2c(C)c(OCC=Cc3ccccc3)ccc12. The van der Waals surface area contributed by atoms with Crippen molar-refractivity contribution in [2.45, 2.75) is 20.3 Å². The van der Waals surface area contributed by atoms with Gasteiger partial charge in [0.05, 0.1) is 0 Å². The molecule has 0 unspecified atom stereocenters. The molecule has 1 heterocycles. The Balaban J connectivity index is 1.82. The van der Waals surface area contributed by atoms with Crippen LogP contribution in [0.2, 0.25) is 0 Å². The molecule has 0 radical (unpaired) electrons. The lowest BCUT2D eigenvalue weighted by atomic mass is 10.0. The molecule has 0 saturated carbocycles. The highest BCUT2D eigenvalue weighted by Crippen LogP contribution is 2.28. The molecule has 0 spiro atoms. The van der Waals surface area contributed by atoms with Gasteiger partial charge < -0.3 is 9.15 Å². The molecule has 2 aromatic carbocycles. The van der Waals surface area contributed by atoms with Gasteiger partial charge in [0.1, 0.15) is 17.9 Å². The molecule has 0 aliphatic heterocycles. The molecule has 122 valence electrons. The van der Waals surface area contributed by atoms with Gasteiger partial charge in [0.25, 0.3) is 0 Å². The largest absolute Gasteiger partial charge is 0.489 e. The molecule has 0 N–H and O–H groups in total. The standard InChI is InChI=1S/C21H20O3/c1-3-17-14-20(22)24-21-15(2)19(12-11-18(17)21)23-13-7-10-16-8-5-4-6-9-16/h4-12,14H,3,13H2,1-2H3. The third-order valence-corrected chi connectivity index (χ3v) is 4.02. The summed E-state index contributed by atoms with van der Waals surface area (Å²) in [5, 5.41) is 0.974. The maximum atomic E-state index is 11.7. The topological polar surface area (TPSA) is 39.4 Å². The molecule has 3 nitrogen and oxygen atoms in total. The third kappa shape index (κ3) is 3.40. The van der Waals surface area contributed by atoms with Crippen molar-refractivity contribution < 1.29 is 9.15 Å². The van der Waals surface area contributed by atoms with E-state index in [1.54, 1.807) is 6.07 Å². The Kier molecular flexibility index (Phi) is 4.80. The Morgan fingerprint density at radius 1 is 1.12 bits per heavy atom. The van der Waals surface area contributed by atoms with Gasteiger partial charge in [-0.05, 0) is 42.7 Å². The van der Waals surface area contributed by atoms with Crippen molar-refractivity contribution in [3.63, 3.8) is 0 Å². The fourth-order valence-corrected chi connectivity index (χ4v) is 2.74. The molecule has 24 heavy (non-hydrogen) atoms. The Morgan fingerprint density at radius 3 is 2.67 bits per heavy atom. The molecular weight excluding hydrogens is 300 g/mol. The maximum absolute atomic E-state index is 11.7. The highest BCUT2D eigenvalue weighted by Gasteiger charge is 2.10. The maximum Gasteiger partial charge on any atom is 0.336 e. The smallest absolute Gasteiger partial charge is 0.336 e. The van der Waals surface area contributed by atoms with E-state index in [1.165, 1.54) is 0 Å². The number of benzene rings is 2. The predicted molar refractivity (Wildman–Crippen MR) is 97.6 cm³/mol. The van der Waals surface area contributed by atoms with Gasteiger partial charge in [-0.1, -0.05) is 43.3 Å². The van der Waals surface area contributed by atoms with Crippen LogP contribution in [0.3, 0.4) is 0 Å². The third-order valence-electron chi connectivity index (χ3n) is 4.02. The minimum Gasteiger partial charge on any atom is -0.489 e. The molecule has 0 aliphatic rings. The lowest BCUT2D eigenvalue weighted by Gasteiger charge is -2.10. The molecule has 3 aromatic rings. The van der Waals surface area contributed by atoms with Gasteiger partial charge in [0, 0.05) is 17.0 Å². The average molecular weight is 320 g/mol. The second kappa shape index (κ2) is 7.18. The fraction of sp³-hybridized carbons (Fsp3) is 0.190. The van der Waals surface area contributed by atoms with Crippen LogP contribution in [0.1, 0.15) is 23.6 Å². The first-order valence-electron chi connectivity index (χ1n) is 8.09. The minimum atomic E-state index is -0.316. The molecule has 0 bridgehead atoms. The van der Waals surface area contributed by atoms with Crippen molar-refractivity contribution in [2.75, 3.05) is 6.61 Å². The molecule has 3 rings (SSSR count). The van der Waals surface area contributed by atoms with Crippen molar-refractivity contribution >= 4 is 17.0 Å². The molecule has 0 saturated heterocycles. The summed E-state index contributed by atoms with van der Waals surface area (Å²) in [5.74, 6) is 0.733. The summed E-state index contributed by atoms with van der Waals surface area (Å²) in [6.45, 7) is 4.40. The zero-order chi connectivity index (χ0) is 16.9. The second-order valence-electron chi connectivity index (χ2n) is 5.63. The zero-order valence-electron chi connectivity index (χ0n) is 13.9. The van der Waals surface area contributed by atoms with Crippen LogP contribution in [0.15, 0.2) is 63.8 Å². The first-order chi connectivity index (χ1) is 11.7. The number of rotatable bonds is 5. The van der Waals surface area contributed by atoms with E-state index in [0.29, 0.717) is 12.2 Å². The van der Waals surface area contributed by atoms with Gasteiger partial charge >= 0.3 is 5.63 Å². The van der Waals surface area contributed by atoms with Crippen LogP contribution in [-0.4, -0.2) is 6.61 Å². The van der Waals surface area contributed by atoms with Crippen LogP contribution in [0, 0.1) is 6.92 Å². The van der Waals surface area contributed by atoms with Crippen molar-refractivity contribution in [1.82, 2.24) is 0 Å². The quantitative estimate of drug-likeness (QED) is 0.637. The number of hydrogen-bond donors (Lipinski definition) is 0. The Morgan fingerprint density at radius 2 is 1.92 bits per heavy atom. The summed E-state index contributed by atoms with van der Waals surface area (Å²) in [6.07, 6.45) is 4.78. The van der Waals surface area contributed by atoms with Crippen LogP contribution in [0.25, 0.3) is 17.0 Å². The minimum absolute atomic E-state index is 0.316. The first-order valence-corrected chi connectivity index (χ1v) is 8.09. The van der Waals surface area contributed by atoms with Gasteiger partial charge in [-0.25, -0.2) is 4.79 Å². The van der Waals surface area contributed by atoms with E-state index in [4.69, 9.17) is 9.15 Å². The molecule has 0 amide bonds. The van der Waals surface area contributed by atoms with Crippen molar-refractivity contribution in [1.29, 1.82) is 0 Å². The molecular formula is C21H20O3. The number of ether oxygens (including phenoxy) is 1. The highest BCUT2D eigenvalue weighted by atomic mass is 16.5. The summed E-state index contributed by atoms with van der Waals surface area (Å²) in [5.41, 5.74) is 3.29.